The maximum Gasteiger partial charge on any atom is 0.262 e. The Hall–Kier alpha value is -1.75. The predicted octanol–water partition coefficient (Wildman–Crippen LogP) is 2.78. The van der Waals surface area contributed by atoms with E-state index in [1.165, 1.54) is 17.8 Å². The number of carbonyl (C=O) groups is 2. The van der Waals surface area contributed by atoms with Crippen LogP contribution in [0.1, 0.15) is 20.8 Å². The van der Waals surface area contributed by atoms with Crippen LogP contribution < -0.4 is 10.6 Å². The summed E-state index contributed by atoms with van der Waals surface area (Å²) in [5, 5.41) is 5.65. The van der Waals surface area contributed by atoms with Gasteiger partial charge < -0.3 is 10.6 Å². The Labute approximate surface area is 123 Å². The number of hydrogen-bond donors (Lipinski definition) is 2. The van der Waals surface area contributed by atoms with Crippen molar-refractivity contribution in [3.8, 4) is 0 Å². The summed E-state index contributed by atoms with van der Waals surface area (Å²) < 4.78 is 0. The van der Waals surface area contributed by atoms with E-state index < -0.39 is 0 Å². The van der Waals surface area contributed by atoms with E-state index in [0.29, 0.717) is 10.8 Å². The van der Waals surface area contributed by atoms with Gasteiger partial charge in [0.05, 0.1) is 10.6 Å². The Morgan fingerprint density at radius 2 is 2.00 bits per heavy atom. The van der Waals surface area contributed by atoms with Crippen molar-refractivity contribution in [1.82, 2.24) is 5.32 Å². The van der Waals surface area contributed by atoms with Crippen molar-refractivity contribution in [3.63, 3.8) is 0 Å². The molecule has 0 spiro atoms. The molecule has 1 aromatic rings. The number of nitrogens with one attached hydrogen (secondary N) is 2. The average Bonchev–Trinajstić information content (AvgIpc) is 2.39. The van der Waals surface area contributed by atoms with Crippen LogP contribution >= 0.6 is 11.8 Å². The van der Waals surface area contributed by atoms with Crippen molar-refractivity contribution < 1.29 is 9.59 Å². The quantitative estimate of drug-likeness (QED) is 0.842. The van der Waals surface area contributed by atoms with Crippen molar-refractivity contribution >= 4 is 29.3 Å². The standard InChI is InChI=1S/C15H18N2O2S/c1-9(2)10(3)16-14(18)8-13-15(19)17-11-6-4-5-7-12(11)20-13/h4-10H,1-3H3,(H,16,18)(H,17,19)/b13-8+. The zero-order valence-electron chi connectivity index (χ0n) is 11.8. The van der Waals surface area contributed by atoms with E-state index in [2.05, 4.69) is 10.6 Å². The molecule has 1 unspecified atom stereocenters. The van der Waals surface area contributed by atoms with Crippen molar-refractivity contribution in [3.05, 3.63) is 35.2 Å². The summed E-state index contributed by atoms with van der Waals surface area (Å²) in [5.41, 5.74) is 0.788. The zero-order chi connectivity index (χ0) is 14.7. The predicted molar refractivity (Wildman–Crippen MR) is 81.5 cm³/mol. The summed E-state index contributed by atoms with van der Waals surface area (Å²) in [5.74, 6) is -0.116. The molecule has 2 rings (SSSR count). The number of thioether (sulfide) groups is 1. The van der Waals surface area contributed by atoms with Crippen LogP contribution in [0.2, 0.25) is 0 Å². The van der Waals surface area contributed by atoms with E-state index in [0.717, 1.165) is 10.6 Å². The molecule has 1 atom stereocenters. The first-order chi connectivity index (χ1) is 9.47. The minimum absolute atomic E-state index is 0.0725. The van der Waals surface area contributed by atoms with Crippen LogP contribution in [0.15, 0.2) is 40.1 Å². The molecule has 0 radical (unpaired) electrons. The van der Waals surface area contributed by atoms with Gasteiger partial charge in [-0.2, -0.15) is 0 Å². The molecule has 0 bridgehead atoms. The van der Waals surface area contributed by atoms with Crippen LogP contribution in [0.3, 0.4) is 0 Å². The number of anilines is 1. The van der Waals surface area contributed by atoms with Crippen molar-refractivity contribution in [2.45, 2.75) is 31.7 Å². The molecule has 0 saturated carbocycles. The van der Waals surface area contributed by atoms with Crippen LogP contribution in [-0.4, -0.2) is 17.9 Å². The molecule has 0 aliphatic carbocycles. The molecule has 20 heavy (non-hydrogen) atoms. The van der Waals surface area contributed by atoms with E-state index in [4.69, 9.17) is 0 Å². The van der Waals surface area contributed by atoms with Crippen molar-refractivity contribution in [2.75, 3.05) is 5.32 Å². The number of carbonyl (C=O) groups excluding carboxylic acids is 2. The maximum absolute atomic E-state index is 11.9. The van der Waals surface area contributed by atoms with Gasteiger partial charge in [0.15, 0.2) is 0 Å². The van der Waals surface area contributed by atoms with Crippen LogP contribution in [-0.2, 0) is 9.59 Å². The molecule has 0 aromatic heterocycles. The summed E-state index contributed by atoms with van der Waals surface area (Å²) in [7, 11) is 0. The van der Waals surface area contributed by atoms with Crippen molar-refractivity contribution in [1.29, 1.82) is 0 Å². The summed E-state index contributed by atoms with van der Waals surface area (Å²) in [4.78, 5) is 25.2. The maximum atomic E-state index is 11.9. The van der Waals surface area contributed by atoms with Crippen molar-refractivity contribution in [2.24, 2.45) is 5.92 Å². The van der Waals surface area contributed by atoms with Crippen LogP contribution in [0, 0.1) is 5.92 Å². The fourth-order valence-electron chi connectivity index (χ4n) is 1.65. The second-order valence-electron chi connectivity index (χ2n) is 5.10. The molecular weight excluding hydrogens is 272 g/mol. The zero-order valence-corrected chi connectivity index (χ0v) is 12.6. The second-order valence-corrected chi connectivity index (χ2v) is 6.19. The molecule has 0 fully saturated rings. The fraction of sp³-hybridized carbons (Fsp3) is 0.333. The molecule has 106 valence electrons. The Morgan fingerprint density at radius 1 is 1.30 bits per heavy atom. The first kappa shape index (κ1) is 14.7. The summed E-state index contributed by atoms with van der Waals surface area (Å²) in [6.07, 6.45) is 1.37. The van der Waals surface area contributed by atoms with E-state index in [9.17, 15) is 9.59 Å². The Kier molecular flexibility index (Phi) is 4.49. The first-order valence-corrected chi connectivity index (χ1v) is 7.39. The highest BCUT2D eigenvalue weighted by Gasteiger charge is 2.21. The third kappa shape index (κ3) is 3.42. The lowest BCUT2D eigenvalue weighted by molar-refractivity contribution is -0.118. The third-order valence-electron chi connectivity index (χ3n) is 3.21. The number of para-hydroxylation sites is 1. The van der Waals surface area contributed by atoms with E-state index in [-0.39, 0.29) is 17.9 Å². The molecule has 1 aliphatic heterocycles. The summed E-state index contributed by atoms with van der Waals surface area (Å²) in [6.45, 7) is 6.03. The van der Waals surface area contributed by atoms with Gasteiger partial charge in [-0.25, -0.2) is 0 Å². The number of fused-ring (bicyclic) bond motifs is 1. The lowest BCUT2D eigenvalue weighted by Crippen LogP contribution is -2.35. The van der Waals surface area contributed by atoms with Gasteiger partial charge in [0.25, 0.3) is 5.91 Å². The number of benzene rings is 1. The minimum atomic E-state index is -0.235. The Bertz CT molecular complexity index is 567. The monoisotopic (exact) mass is 290 g/mol. The van der Waals surface area contributed by atoms with Gasteiger partial charge in [0, 0.05) is 17.0 Å². The molecule has 1 aliphatic rings. The topological polar surface area (TPSA) is 58.2 Å². The Balaban J connectivity index is 2.11. The van der Waals surface area contributed by atoms with E-state index >= 15 is 0 Å². The molecule has 0 saturated heterocycles. The molecule has 2 N–H and O–H groups in total. The van der Waals surface area contributed by atoms with Gasteiger partial charge in [-0.15, -0.1) is 0 Å². The normalized spacial score (nSPS) is 17.6. The largest absolute Gasteiger partial charge is 0.350 e. The van der Waals surface area contributed by atoms with Gasteiger partial charge in [0.2, 0.25) is 5.91 Å². The third-order valence-corrected chi connectivity index (χ3v) is 4.31. The van der Waals surface area contributed by atoms with E-state index in [1.54, 1.807) is 0 Å². The van der Waals surface area contributed by atoms with Gasteiger partial charge >= 0.3 is 0 Å². The molecule has 1 heterocycles. The lowest BCUT2D eigenvalue weighted by Gasteiger charge is -2.19. The van der Waals surface area contributed by atoms with Crippen LogP contribution in [0.5, 0.6) is 0 Å². The summed E-state index contributed by atoms with van der Waals surface area (Å²) >= 11 is 1.32. The molecule has 4 nitrogen and oxygen atoms in total. The molecular formula is C15H18N2O2S. The molecule has 2 amide bonds. The van der Waals surface area contributed by atoms with Crippen LogP contribution in [0.4, 0.5) is 5.69 Å². The SMILES string of the molecule is CC(C)C(C)NC(=O)/C=C1/Sc2ccccc2NC1=O. The van der Waals surface area contributed by atoms with Gasteiger partial charge in [0.1, 0.15) is 0 Å². The molecule has 1 aromatic carbocycles. The van der Waals surface area contributed by atoms with Gasteiger partial charge in [-0.1, -0.05) is 37.7 Å². The molecule has 5 heteroatoms. The smallest absolute Gasteiger partial charge is 0.262 e. The minimum Gasteiger partial charge on any atom is -0.350 e. The van der Waals surface area contributed by atoms with Crippen LogP contribution in [0.25, 0.3) is 0 Å². The summed E-state index contributed by atoms with van der Waals surface area (Å²) in [6, 6.07) is 7.61. The highest BCUT2D eigenvalue weighted by Crippen LogP contribution is 2.37. The average molecular weight is 290 g/mol. The highest BCUT2D eigenvalue weighted by molar-refractivity contribution is 8.04. The first-order valence-electron chi connectivity index (χ1n) is 6.58. The highest BCUT2D eigenvalue weighted by atomic mass is 32.2. The number of amides is 2. The number of rotatable bonds is 3. The van der Waals surface area contributed by atoms with E-state index in [1.807, 2.05) is 45.0 Å². The lowest BCUT2D eigenvalue weighted by atomic mass is 10.1. The van der Waals surface area contributed by atoms with Gasteiger partial charge in [-0.05, 0) is 25.0 Å². The fourth-order valence-corrected chi connectivity index (χ4v) is 2.58. The van der Waals surface area contributed by atoms with Gasteiger partial charge in [-0.3, -0.25) is 9.59 Å². The second kappa shape index (κ2) is 6.13. The number of hydrogen-bond acceptors (Lipinski definition) is 3. The Morgan fingerprint density at radius 3 is 2.70 bits per heavy atom.